The number of carbonyl (C=O) groups excluding carboxylic acids is 4. The lowest BCUT2D eigenvalue weighted by molar-refractivity contribution is 0.0536. The highest BCUT2D eigenvalue weighted by atomic mass is 19.1. The molecule has 4 amide bonds. The number of carbonyl (C=O) groups is 4. The fourth-order valence-corrected chi connectivity index (χ4v) is 7.89. The minimum absolute atomic E-state index is 0.0295. The van der Waals surface area contributed by atoms with Gasteiger partial charge < -0.3 is 33.3 Å². The number of hydrogen-bond acceptors (Lipinski definition) is 10. The average Bonchev–Trinajstić information content (AvgIpc) is 3.67. The third-order valence-corrected chi connectivity index (χ3v) is 11.1. The molecule has 2 N–H and O–H groups in total. The minimum Gasteiger partial charge on any atom is -0.444 e. The van der Waals surface area contributed by atoms with Crippen molar-refractivity contribution in [2.45, 2.75) is 170 Å². The molecule has 17 nitrogen and oxygen atoms in total. The third-order valence-electron chi connectivity index (χ3n) is 11.1. The van der Waals surface area contributed by atoms with Crippen molar-refractivity contribution in [1.29, 1.82) is 0 Å². The number of unbranched alkanes of at least 4 members (excludes halogenated alkanes) is 5. The van der Waals surface area contributed by atoms with Gasteiger partial charge in [0.15, 0.2) is 11.6 Å². The summed E-state index contributed by atoms with van der Waals surface area (Å²) >= 11 is 0. The highest BCUT2D eigenvalue weighted by molar-refractivity contribution is 6.00. The van der Waals surface area contributed by atoms with Gasteiger partial charge in [0.05, 0.1) is 11.1 Å². The second kappa shape index (κ2) is 24.4. The fraction of sp³-hybridized carbons (Fsp3) is 0.556. The molecule has 0 fully saturated rings. The van der Waals surface area contributed by atoms with Gasteiger partial charge in [0.1, 0.15) is 34.0 Å². The summed E-state index contributed by atoms with van der Waals surface area (Å²) in [5.41, 5.74) is 0.193. The molecule has 0 saturated carbocycles. The van der Waals surface area contributed by atoms with E-state index in [9.17, 15) is 19.2 Å². The summed E-state index contributed by atoms with van der Waals surface area (Å²) in [4.78, 5) is 62.6. The molecule has 2 aliphatic rings. The van der Waals surface area contributed by atoms with E-state index in [0.29, 0.717) is 43.6 Å². The van der Waals surface area contributed by atoms with Gasteiger partial charge in [0.2, 0.25) is 11.9 Å². The van der Waals surface area contributed by atoms with Crippen LogP contribution in [0.5, 0.6) is 0 Å². The van der Waals surface area contributed by atoms with E-state index in [1.54, 1.807) is 110 Å². The topological polar surface area (TPSA) is 191 Å². The van der Waals surface area contributed by atoms with Crippen molar-refractivity contribution >= 4 is 47.4 Å². The molecule has 0 atom stereocenters. The molecular formula is C54H75F2N9O8. The predicted molar refractivity (Wildman–Crippen MR) is 279 cm³/mol. The number of aliphatic imine (C=N–C) groups is 2. The van der Waals surface area contributed by atoms with Crippen LogP contribution >= 0.6 is 0 Å². The lowest BCUT2D eigenvalue weighted by atomic mass is 9.97. The summed E-state index contributed by atoms with van der Waals surface area (Å²) in [6.07, 6.45) is 7.36. The number of hydrogen-bond donors (Lipinski definition) is 2. The van der Waals surface area contributed by atoms with Crippen LogP contribution in [0.2, 0.25) is 0 Å². The smallest absolute Gasteiger partial charge is 0.437 e. The summed E-state index contributed by atoms with van der Waals surface area (Å²) in [6.45, 7) is 24.4. The van der Waals surface area contributed by atoms with E-state index in [2.05, 4.69) is 37.7 Å². The first-order chi connectivity index (χ1) is 34.1. The molecule has 0 saturated heterocycles. The molecule has 0 aliphatic carbocycles. The van der Waals surface area contributed by atoms with E-state index >= 15 is 8.78 Å². The zero-order chi connectivity index (χ0) is 53.9. The van der Waals surface area contributed by atoms with Gasteiger partial charge in [-0.15, -0.1) is 20.2 Å². The van der Waals surface area contributed by atoms with Crippen LogP contribution in [0, 0.1) is 11.6 Å². The quantitative estimate of drug-likeness (QED) is 0.0801. The summed E-state index contributed by atoms with van der Waals surface area (Å²) in [5.74, 6) is -0.573. The van der Waals surface area contributed by atoms with Crippen LogP contribution in [0.4, 0.5) is 28.0 Å². The largest absolute Gasteiger partial charge is 0.444 e. The Hall–Kier alpha value is -6.66. The molecule has 0 unspecified atom stereocenters. The molecule has 3 heterocycles. The number of rotatable bonds is 11. The van der Waals surface area contributed by atoms with Gasteiger partial charge in [-0.25, -0.2) is 28.0 Å². The molecule has 0 spiro atoms. The van der Waals surface area contributed by atoms with Crippen molar-refractivity contribution < 1.29 is 46.9 Å². The van der Waals surface area contributed by atoms with Crippen LogP contribution in [0.15, 0.2) is 58.5 Å². The van der Waals surface area contributed by atoms with E-state index in [4.69, 9.17) is 18.9 Å². The van der Waals surface area contributed by atoms with Gasteiger partial charge in [0.25, 0.3) is 0 Å². The monoisotopic (exact) mass is 1020 g/mol. The van der Waals surface area contributed by atoms with Crippen molar-refractivity contribution in [2.24, 2.45) is 9.98 Å². The zero-order valence-electron chi connectivity index (χ0n) is 45.0. The Morgan fingerprint density at radius 2 is 0.959 bits per heavy atom. The number of guanidine groups is 2. The van der Waals surface area contributed by atoms with Crippen LogP contribution < -0.4 is 10.6 Å². The summed E-state index contributed by atoms with van der Waals surface area (Å²) in [6, 6.07) is 9.84. The zero-order valence-corrected chi connectivity index (χ0v) is 45.0. The van der Waals surface area contributed by atoms with Gasteiger partial charge in [-0.1, -0.05) is 63.3 Å². The van der Waals surface area contributed by atoms with Crippen LogP contribution in [0.25, 0.3) is 33.9 Å². The maximum atomic E-state index is 16.5. The van der Waals surface area contributed by atoms with E-state index in [-0.39, 0.29) is 47.8 Å². The molecule has 2 aliphatic heterocycles. The van der Waals surface area contributed by atoms with Gasteiger partial charge in [-0.05, 0) is 149 Å². The number of aromatic nitrogens is 3. The van der Waals surface area contributed by atoms with Crippen molar-refractivity contribution in [1.82, 2.24) is 35.2 Å². The Balaban J connectivity index is 1.39. The van der Waals surface area contributed by atoms with Gasteiger partial charge in [0, 0.05) is 32.7 Å². The molecule has 0 bridgehead atoms. The van der Waals surface area contributed by atoms with E-state index in [1.807, 2.05) is 24.3 Å². The molecule has 1 aromatic heterocycles. The molecule has 73 heavy (non-hydrogen) atoms. The van der Waals surface area contributed by atoms with Crippen LogP contribution in [-0.2, 0) is 25.5 Å². The Bertz CT molecular complexity index is 2430. The molecule has 5 rings (SSSR count). The average molecular weight is 1020 g/mol. The summed E-state index contributed by atoms with van der Waals surface area (Å²) < 4.78 is 56.3. The third kappa shape index (κ3) is 18.1. The van der Waals surface area contributed by atoms with E-state index < -0.39 is 58.4 Å². The molecule has 19 heteroatoms. The number of ether oxygens (including phenoxy) is 4. The Morgan fingerprint density at radius 1 is 0.575 bits per heavy atom. The second-order valence-electron chi connectivity index (χ2n) is 22.1. The van der Waals surface area contributed by atoms with Crippen LogP contribution in [0.3, 0.4) is 0 Å². The molecule has 2 aromatic carbocycles. The normalized spacial score (nSPS) is 15.1. The van der Waals surface area contributed by atoms with Crippen molar-refractivity contribution in [3.8, 4) is 22.8 Å². The predicted octanol–water partition coefficient (Wildman–Crippen LogP) is 12.1. The Labute approximate surface area is 428 Å². The SMILES string of the molecule is CCCCCCCCn1c(-c2ccc(C3=CCN(/C(=N\C(=O)OC(C)(C)C)NC(=O)OC(C)(C)C)CC3)cc2F)nnc1-c1ccc(C2=CCN(/C(=N\C(=O)OC(C)(C)C)NC(=O)OC(C)(C)C)CC2)cc1F. The number of halogens is 2. The summed E-state index contributed by atoms with van der Waals surface area (Å²) in [5, 5.41) is 14.1. The van der Waals surface area contributed by atoms with Crippen LogP contribution in [-0.4, -0.2) is 109 Å². The Kier molecular flexibility index (Phi) is 19.1. The number of amides is 4. The second-order valence-corrected chi connectivity index (χ2v) is 22.1. The van der Waals surface area contributed by atoms with Crippen molar-refractivity contribution in [2.75, 3.05) is 26.2 Å². The first-order valence-electron chi connectivity index (χ1n) is 25.1. The van der Waals surface area contributed by atoms with Crippen molar-refractivity contribution in [3.05, 3.63) is 71.3 Å². The van der Waals surface area contributed by atoms with E-state index in [0.717, 1.165) is 49.7 Å². The van der Waals surface area contributed by atoms with E-state index in [1.165, 1.54) is 12.1 Å². The standard InChI is InChI=1S/C54H75F2N9O8/c1-14-15-16-17-18-19-28-65-43(39-22-20-37(33-41(39)55)35-24-29-63(30-25-35)45(57-47(66)70-51(2,3)4)58-48(67)71-52(5,6)7)61-62-44(65)40-23-21-38(34-42(40)56)36-26-31-64(32-27-36)46(59-49(68)72-53(8,9)10)60-50(69)73-54(11,12)13/h20-24,26,33-34H,14-19,25,27-32H2,1-13H3,(H,57,58,66,67)(H,59,60,68,69). The fourth-order valence-electron chi connectivity index (χ4n) is 7.89. The number of nitrogens with zero attached hydrogens (tertiary/aromatic N) is 7. The first-order valence-corrected chi connectivity index (χ1v) is 25.1. The lowest BCUT2D eigenvalue weighted by Gasteiger charge is -2.30. The lowest BCUT2D eigenvalue weighted by Crippen LogP contribution is -2.48. The van der Waals surface area contributed by atoms with Gasteiger partial charge in [-0.2, -0.15) is 0 Å². The molecule has 3 aromatic rings. The molecular weight excluding hydrogens is 941 g/mol. The van der Waals surface area contributed by atoms with Crippen LogP contribution in [0.1, 0.15) is 153 Å². The highest BCUT2D eigenvalue weighted by Gasteiger charge is 2.28. The Morgan fingerprint density at radius 3 is 1.30 bits per heavy atom. The summed E-state index contributed by atoms with van der Waals surface area (Å²) in [7, 11) is 0. The van der Waals surface area contributed by atoms with Gasteiger partial charge in [-0.3, -0.25) is 10.6 Å². The molecule has 398 valence electrons. The van der Waals surface area contributed by atoms with Gasteiger partial charge >= 0.3 is 24.4 Å². The minimum atomic E-state index is -0.874. The maximum Gasteiger partial charge on any atom is 0.437 e. The molecule has 0 radical (unpaired) electrons. The first kappa shape index (κ1) is 57.2. The maximum absolute atomic E-state index is 16.5. The number of nitrogens with one attached hydrogen (secondary N) is 2. The van der Waals surface area contributed by atoms with Crippen molar-refractivity contribution in [3.63, 3.8) is 0 Å². The highest BCUT2D eigenvalue weighted by Crippen LogP contribution is 2.33. The number of alkyl carbamates (subject to hydrolysis) is 2. The number of benzene rings is 2.